The fraction of sp³-hybridized carbons (Fsp3) is 0.333. The monoisotopic (exact) mass is 353 g/mol. The summed E-state index contributed by atoms with van der Waals surface area (Å²) in [5.74, 6) is -0.210. The molecule has 2 N–H and O–H groups in total. The standard InChI is InChI=1S/C21H23NO4/c1-13-6-3-4-9-16(13)19(12-20(23)24)22-21(25)18-11-17(18)14-7-5-8-15(10-14)26-2/h3-10,17-19H,11-12H2,1-2H3,(H,22,25)(H,23,24). The SMILES string of the molecule is COc1cccc(C2CC2C(=O)NC(CC(=O)O)c2ccccc2C)c1. The Hall–Kier alpha value is -2.82. The summed E-state index contributed by atoms with van der Waals surface area (Å²) < 4.78 is 5.24. The Kier molecular flexibility index (Phi) is 5.26. The summed E-state index contributed by atoms with van der Waals surface area (Å²) in [4.78, 5) is 23.9. The molecule has 1 fully saturated rings. The molecule has 3 unspecified atom stereocenters. The number of hydrogen-bond acceptors (Lipinski definition) is 3. The molecule has 26 heavy (non-hydrogen) atoms. The van der Waals surface area contributed by atoms with Crippen LogP contribution in [0.1, 0.15) is 41.5 Å². The van der Waals surface area contributed by atoms with E-state index < -0.39 is 12.0 Å². The van der Waals surface area contributed by atoms with E-state index in [9.17, 15) is 14.7 Å². The maximum Gasteiger partial charge on any atom is 0.305 e. The molecule has 3 rings (SSSR count). The third kappa shape index (κ3) is 4.04. The molecule has 2 aromatic rings. The van der Waals surface area contributed by atoms with Crippen LogP contribution in [0.3, 0.4) is 0 Å². The lowest BCUT2D eigenvalue weighted by atomic mass is 9.98. The molecule has 5 nitrogen and oxygen atoms in total. The molecule has 3 atom stereocenters. The Bertz CT molecular complexity index is 817. The summed E-state index contributed by atoms with van der Waals surface area (Å²) in [6.07, 6.45) is 0.639. The predicted molar refractivity (Wildman–Crippen MR) is 98.2 cm³/mol. The van der Waals surface area contributed by atoms with Crippen LogP contribution in [0.5, 0.6) is 5.75 Å². The van der Waals surface area contributed by atoms with Gasteiger partial charge in [0.05, 0.1) is 19.6 Å². The van der Waals surface area contributed by atoms with Gasteiger partial charge in [0.25, 0.3) is 0 Å². The minimum absolute atomic E-state index is 0.0904. The van der Waals surface area contributed by atoms with E-state index in [0.29, 0.717) is 0 Å². The van der Waals surface area contributed by atoms with Gasteiger partial charge >= 0.3 is 5.97 Å². The van der Waals surface area contributed by atoms with E-state index in [1.807, 2.05) is 55.5 Å². The number of rotatable bonds is 7. The number of aliphatic carboxylic acids is 1. The molecule has 0 spiro atoms. The van der Waals surface area contributed by atoms with Crippen LogP contribution in [0.4, 0.5) is 0 Å². The van der Waals surface area contributed by atoms with Crippen molar-refractivity contribution in [2.24, 2.45) is 5.92 Å². The first-order chi connectivity index (χ1) is 12.5. The first-order valence-corrected chi connectivity index (χ1v) is 8.71. The highest BCUT2D eigenvalue weighted by Crippen LogP contribution is 2.48. The van der Waals surface area contributed by atoms with Crippen LogP contribution in [0.2, 0.25) is 0 Å². The summed E-state index contributed by atoms with van der Waals surface area (Å²) in [6, 6.07) is 14.8. The molecule has 0 radical (unpaired) electrons. The molecular formula is C21H23NO4. The lowest BCUT2D eigenvalue weighted by Crippen LogP contribution is -2.32. The van der Waals surface area contributed by atoms with Gasteiger partial charge in [0.15, 0.2) is 0 Å². The average Bonchev–Trinajstić information content (AvgIpc) is 3.42. The highest BCUT2D eigenvalue weighted by Gasteiger charge is 2.44. The van der Waals surface area contributed by atoms with E-state index in [2.05, 4.69) is 5.32 Å². The Morgan fingerprint density at radius 2 is 2.00 bits per heavy atom. The highest BCUT2D eigenvalue weighted by atomic mass is 16.5. The van der Waals surface area contributed by atoms with E-state index in [1.54, 1.807) is 7.11 Å². The normalized spacial score (nSPS) is 19.5. The average molecular weight is 353 g/mol. The number of benzene rings is 2. The summed E-state index contributed by atoms with van der Waals surface area (Å²) >= 11 is 0. The van der Waals surface area contributed by atoms with Gasteiger partial charge in [0.1, 0.15) is 5.75 Å². The minimum atomic E-state index is -0.932. The molecule has 1 saturated carbocycles. The van der Waals surface area contributed by atoms with Crippen LogP contribution in [0.15, 0.2) is 48.5 Å². The highest BCUT2D eigenvalue weighted by molar-refractivity contribution is 5.84. The number of amides is 1. The van der Waals surface area contributed by atoms with Crippen molar-refractivity contribution in [3.05, 3.63) is 65.2 Å². The predicted octanol–water partition coefficient (Wildman–Crippen LogP) is 3.44. The van der Waals surface area contributed by atoms with E-state index in [-0.39, 0.29) is 24.2 Å². The zero-order valence-electron chi connectivity index (χ0n) is 14.9. The number of nitrogens with one attached hydrogen (secondary N) is 1. The molecule has 0 saturated heterocycles. The number of carbonyl (C=O) groups is 2. The number of methoxy groups -OCH3 is 1. The Labute approximate surface area is 153 Å². The van der Waals surface area contributed by atoms with Gasteiger partial charge in [-0.05, 0) is 48.1 Å². The molecular weight excluding hydrogens is 330 g/mol. The van der Waals surface area contributed by atoms with Crippen LogP contribution < -0.4 is 10.1 Å². The van der Waals surface area contributed by atoms with Crippen molar-refractivity contribution in [2.45, 2.75) is 31.7 Å². The fourth-order valence-electron chi connectivity index (χ4n) is 3.40. The number of hydrogen-bond donors (Lipinski definition) is 2. The molecule has 0 aliphatic heterocycles. The largest absolute Gasteiger partial charge is 0.497 e. The van der Waals surface area contributed by atoms with Crippen molar-refractivity contribution in [1.82, 2.24) is 5.32 Å². The number of ether oxygens (including phenoxy) is 1. The van der Waals surface area contributed by atoms with Gasteiger partial charge in [-0.2, -0.15) is 0 Å². The quantitative estimate of drug-likeness (QED) is 0.799. The van der Waals surface area contributed by atoms with Crippen molar-refractivity contribution in [3.63, 3.8) is 0 Å². The summed E-state index contributed by atoms with van der Waals surface area (Å²) in [6.45, 7) is 1.92. The van der Waals surface area contributed by atoms with E-state index in [1.165, 1.54) is 0 Å². The lowest BCUT2D eigenvalue weighted by Gasteiger charge is -2.19. The Morgan fingerprint density at radius 3 is 2.69 bits per heavy atom. The maximum atomic E-state index is 12.7. The zero-order valence-corrected chi connectivity index (χ0v) is 14.9. The van der Waals surface area contributed by atoms with Gasteiger partial charge < -0.3 is 15.2 Å². The number of carboxylic acids is 1. The first kappa shape index (κ1) is 18.0. The molecule has 0 aromatic heterocycles. The van der Waals surface area contributed by atoms with Gasteiger partial charge in [-0.15, -0.1) is 0 Å². The molecule has 0 bridgehead atoms. The first-order valence-electron chi connectivity index (χ1n) is 8.71. The maximum absolute atomic E-state index is 12.7. The van der Waals surface area contributed by atoms with Gasteiger partial charge in [-0.3, -0.25) is 9.59 Å². The van der Waals surface area contributed by atoms with Gasteiger partial charge in [-0.1, -0.05) is 36.4 Å². The molecule has 0 heterocycles. The van der Waals surface area contributed by atoms with E-state index >= 15 is 0 Å². The van der Waals surface area contributed by atoms with Crippen LogP contribution in [0, 0.1) is 12.8 Å². The van der Waals surface area contributed by atoms with Crippen molar-refractivity contribution in [3.8, 4) is 5.75 Å². The topological polar surface area (TPSA) is 75.6 Å². The molecule has 1 aliphatic carbocycles. The van der Waals surface area contributed by atoms with Gasteiger partial charge in [-0.25, -0.2) is 0 Å². The van der Waals surface area contributed by atoms with Crippen LogP contribution in [-0.2, 0) is 9.59 Å². The molecule has 5 heteroatoms. The summed E-state index contributed by atoms with van der Waals surface area (Å²) in [7, 11) is 1.62. The Morgan fingerprint density at radius 1 is 1.23 bits per heavy atom. The second-order valence-corrected chi connectivity index (χ2v) is 6.74. The summed E-state index contributed by atoms with van der Waals surface area (Å²) in [5.41, 5.74) is 2.90. The molecule has 1 aliphatic rings. The third-order valence-electron chi connectivity index (χ3n) is 4.91. The second kappa shape index (κ2) is 7.60. The second-order valence-electron chi connectivity index (χ2n) is 6.74. The zero-order chi connectivity index (χ0) is 18.7. The van der Waals surface area contributed by atoms with Gasteiger partial charge in [0, 0.05) is 5.92 Å². The minimum Gasteiger partial charge on any atom is -0.497 e. The smallest absolute Gasteiger partial charge is 0.305 e. The molecule has 2 aromatic carbocycles. The number of carboxylic acid groups (broad SMARTS) is 1. The fourth-order valence-corrected chi connectivity index (χ4v) is 3.40. The third-order valence-corrected chi connectivity index (χ3v) is 4.91. The van der Waals surface area contributed by atoms with Crippen LogP contribution in [-0.4, -0.2) is 24.1 Å². The van der Waals surface area contributed by atoms with Crippen LogP contribution in [0.25, 0.3) is 0 Å². The van der Waals surface area contributed by atoms with Crippen molar-refractivity contribution in [1.29, 1.82) is 0 Å². The van der Waals surface area contributed by atoms with Crippen molar-refractivity contribution in [2.75, 3.05) is 7.11 Å². The van der Waals surface area contributed by atoms with Gasteiger partial charge in [0.2, 0.25) is 5.91 Å². The number of carbonyl (C=O) groups excluding carboxylic acids is 1. The van der Waals surface area contributed by atoms with Crippen LogP contribution >= 0.6 is 0 Å². The Balaban J connectivity index is 1.71. The van der Waals surface area contributed by atoms with Crippen molar-refractivity contribution < 1.29 is 19.4 Å². The van der Waals surface area contributed by atoms with Crippen molar-refractivity contribution >= 4 is 11.9 Å². The van der Waals surface area contributed by atoms with E-state index in [0.717, 1.165) is 28.9 Å². The lowest BCUT2D eigenvalue weighted by molar-refractivity contribution is -0.137. The molecule has 136 valence electrons. The number of aryl methyl sites for hydroxylation is 1. The molecule has 1 amide bonds. The summed E-state index contributed by atoms with van der Waals surface area (Å²) in [5, 5.41) is 12.2. The van der Waals surface area contributed by atoms with E-state index in [4.69, 9.17) is 4.74 Å².